The van der Waals surface area contributed by atoms with Crippen LogP contribution in [0.5, 0.6) is 5.75 Å². The van der Waals surface area contributed by atoms with E-state index >= 15 is 0 Å². The summed E-state index contributed by atoms with van der Waals surface area (Å²) in [6, 6.07) is 15.8. The molecule has 3 aromatic rings. The van der Waals surface area contributed by atoms with Crippen molar-refractivity contribution < 1.29 is 30.6 Å². The quantitative estimate of drug-likeness (QED) is 0.331. The first kappa shape index (κ1) is 23.0. The molecule has 0 unspecified atom stereocenters. The Morgan fingerprint density at radius 1 is 0.969 bits per heavy atom. The van der Waals surface area contributed by atoms with Crippen LogP contribution in [0.4, 0.5) is 13.2 Å². The Balaban J connectivity index is 1.77. The zero-order valence-corrected chi connectivity index (χ0v) is 17.4. The summed E-state index contributed by atoms with van der Waals surface area (Å²) in [6.45, 7) is 1.77. The van der Waals surface area contributed by atoms with Crippen molar-refractivity contribution in [3.63, 3.8) is 0 Å². The molecule has 0 aliphatic heterocycles. The maximum atomic E-state index is 12.7. The van der Waals surface area contributed by atoms with Crippen molar-refractivity contribution >= 4 is 22.2 Å². The van der Waals surface area contributed by atoms with E-state index in [1.807, 2.05) is 0 Å². The first-order chi connectivity index (χ1) is 15.1. The molecular formula is C22H17F3N2O4S. The van der Waals surface area contributed by atoms with Crippen LogP contribution in [0.1, 0.15) is 27.0 Å². The largest absolute Gasteiger partial charge is 0.416 e. The van der Waals surface area contributed by atoms with Crippen molar-refractivity contribution in [1.29, 1.82) is 0 Å². The topological polar surface area (TPSA) is 84.8 Å². The van der Waals surface area contributed by atoms with Gasteiger partial charge in [-0.15, -0.1) is 0 Å². The number of carbonyl (C=O) groups excluding carboxylic acids is 1. The smallest absolute Gasteiger partial charge is 0.378 e. The van der Waals surface area contributed by atoms with Gasteiger partial charge in [-0.3, -0.25) is 4.79 Å². The minimum Gasteiger partial charge on any atom is -0.378 e. The highest BCUT2D eigenvalue weighted by atomic mass is 32.2. The lowest BCUT2D eigenvalue weighted by atomic mass is 10.1. The highest BCUT2D eigenvalue weighted by molar-refractivity contribution is 7.87. The highest BCUT2D eigenvalue weighted by Crippen LogP contribution is 2.30. The van der Waals surface area contributed by atoms with Crippen LogP contribution in [0.3, 0.4) is 0 Å². The number of hydrogen-bond donors (Lipinski definition) is 1. The van der Waals surface area contributed by atoms with Gasteiger partial charge in [0.15, 0.2) is 5.75 Å². The van der Waals surface area contributed by atoms with Gasteiger partial charge in [-0.2, -0.15) is 26.7 Å². The Morgan fingerprint density at radius 2 is 1.59 bits per heavy atom. The van der Waals surface area contributed by atoms with Crippen LogP contribution in [-0.2, 0) is 16.3 Å². The molecule has 3 rings (SSSR count). The number of nitrogens with one attached hydrogen (secondary N) is 1. The fourth-order valence-corrected chi connectivity index (χ4v) is 3.64. The number of amides is 1. The molecule has 0 aliphatic carbocycles. The molecule has 0 spiro atoms. The van der Waals surface area contributed by atoms with Crippen LogP contribution < -0.4 is 9.61 Å². The van der Waals surface area contributed by atoms with Crippen LogP contribution in [0.15, 0.2) is 82.8 Å². The molecule has 0 saturated heterocycles. The van der Waals surface area contributed by atoms with Crippen LogP contribution in [0.25, 0.3) is 0 Å². The van der Waals surface area contributed by atoms with E-state index in [-0.39, 0.29) is 11.3 Å². The second kappa shape index (κ2) is 9.23. The van der Waals surface area contributed by atoms with E-state index in [1.54, 1.807) is 37.3 Å². The Bertz CT molecular complexity index is 1250. The molecule has 32 heavy (non-hydrogen) atoms. The molecule has 1 N–H and O–H groups in total. The van der Waals surface area contributed by atoms with Gasteiger partial charge >= 0.3 is 16.3 Å². The Kier molecular flexibility index (Phi) is 6.64. The van der Waals surface area contributed by atoms with E-state index in [0.29, 0.717) is 17.7 Å². The average molecular weight is 462 g/mol. The van der Waals surface area contributed by atoms with Gasteiger partial charge in [-0.1, -0.05) is 30.3 Å². The van der Waals surface area contributed by atoms with Crippen molar-refractivity contribution in [3.05, 3.63) is 95.1 Å². The van der Waals surface area contributed by atoms with E-state index in [4.69, 9.17) is 4.18 Å². The van der Waals surface area contributed by atoms with E-state index in [0.717, 1.165) is 17.7 Å². The molecule has 166 valence electrons. The molecule has 0 atom stereocenters. The molecule has 3 aromatic carbocycles. The predicted octanol–water partition coefficient (Wildman–Crippen LogP) is 4.55. The first-order valence-electron chi connectivity index (χ1n) is 9.18. The fraction of sp³-hybridized carbons (Fsp3) is 0.0909. The van der Waals surface area contributed by atoms with Crippen molar-refractivity contribution in [2.24, 2.45) is 5.10 Å². The third kappa shape index (κ3) is 5.52. The standard InChI is InChI=1S/C22H17F3N2O4S/c1-15-6-2-4-8-19(15)21(28)27-26-14-16-7-3-5-9-20(16)31-32(29,30)18-12-10-17(11-13-18)22(23,24)25/h2-14H,1H3,(H,27,28)/b26-14-. The molecule has 1 amide bonds. The van der Waals surface area contributed by atoms with Gasteiger partial charge in [0.1, 0.15) is 4.90 Å². The Morgan fingerprint density at radius 3 is 2.25 bits per heavy atom. The molecular weight excluding hydrogens is 445 g/mol. The van der Waals surface area contributed by atoms with Gasteiger partial charge in [0.25, 0.3) is 5.91 Å². The van der Waals surface area contributed by atoms with Gasteiger partial charge in [0.05, 0.1) is 11.8 Å². The first-order valence-corrected chi connectivity index (χ1v) is 10.6. The number of carbonyl (C=O) groups is 1. The predicted molar refractivity (Wildman–Crippen MR) is 112 cm³/mol. The minimum atomic E-state index is -4.59. The van der Waals surface area contributed by atoms with Gasteiger partial charge in [0.2, 0.25) is 0 Å². The van der Waals surface area contributed by atoms with Crippen LogP contribution in [0.2, 0.25) is 0 Å². The summed E-state index contributed by atoms with van der Waals surface area (Å²) >= 11 is 0. The lowest BCUT2D eigenvalue weighted by molar-refractivity contribution is -0.137. The molecule has 6 nitrogen and oxygen atoms in total. The molecule has 0 saturated carbocycles. The van der Waals surface area contributed by atoms with Gasteiger partial charge < -0.3 is 4.18 Å². The summed E-state index contributed by atoms with van der Waals surface area (Å²) in [5.74, 6) is -0.559. The summed E-state index contributed by atoms with van der Waals surface area (Å²) in [7, 11) is -4.40. The normalized spacial score (nSPS) is 12.0. The number of hydrazone groups is 1. The third-order valence-electron chi connectivity index (χ3n) is 4.35. The van der Waals surface area contributed by atoms with E-state index in [9.17, 15) is 26.4 Å². The van der Waals surface area contributed by atoms with Crippen molar-refractivity contribution in [1.82, 2.24) is 5.43 Å². The monoisotopic (exact) mass is 462 g/mol. The lowest BCUT2D eigenvalue weighted by Crippen LogP contribution is -2.18. The summed E-state index contributed by atoms with van der Waals surface area (Å²) in [6.07, 6.45) is -3.39. The maximum Gasteiger partial charge on any atom is 0.416 e. The zero-order chi connectivity index (χ0) is 23.4. The van der Waals surface area contributed by atoms with Crippen LogP contribution in [-0.4, -0.2) is 20.5 Å². The van der Waals surface area contributed by atoms with Gasteiger partial charge in [-0.25, -0.2) is 5.43 Å². The van der Waals surface area contributed by atoms with E-state index in [2.05, 4.69) is 10.5 Å². The Labute approximate surface area is 182 Å². The van der Waals surface area contributed by atoms with Gasteiger partial charge in [0, 0.05) is 11.1 Å². The summed E-state index contributed by atoms with van der Waals surface area (Å²) in [5, 5.41) is 3.84. The Hall–Kier alpha value is -3.66. The fourth-order valence-electron chi connectivity index (χ4n) is 2.69. The number of alkyl halides is 3. The molecule has 0 bridgehead atoms. The summed E-state index contributed by atoms with van der Waals surface area (Å²) < 4.78 is 68.2. The minimum absolute atomic E-state index is 0.110. The molecule has 0 fully saturated rings. The average Bonchev–Trinajstić information content (AvgIpc) is 2.74. The summed E-state index contributed by atoms with van der Waals surface area (Å²) in [4.78, 5) is 11.8. The second-order valence-electron chi connectivity index (χ2n) is 6.61. The van der Waals surface area contributed by atoms with Crippen LogP contribution in [0, 0.1) is 6.92 Å². The molecule has 0 aliphatic rings. The lowest BCUT2D eigenvalue weighted by Gasteiger charge is -2.11. The molecule has 0 radical (unpaired) electrons. The van der Waals surface area contributed by atoms with E-state index < -0.39 is 32.7 Å². The maximum absolute atomic E-state index is 12.7. The molecule has 10 heteroatoms. The van der Waals surface area contributed by atoms with Crippen molar-refractivity contribution in [2.45, 2.75) is 18.0 Å². The number of benzene rings is 3. The number of hydrogen-bond acceptors (Lipinski definition) is 5. The number of rotatable bonds is 6. The zero-order valence-electron chi connectivity index (χ0n) is 16.6. The van der Waals surface area contributed by atoms with Crippen molar-refractivity contribution in [2.75, 3.05) is 0 Å². The number of nitrogens with zero attached hydrogens (tertiary/aromatic N) is 1. The number of para-hydroxylation sites is 1. The third-order valence-corrected chi connectivity index (χ3v) is 5.60. The summed E-state index contributed by atoms with van der Waals surface area (Å²) in [5.41, 5.74) is 2.79. The second-order valence-corrected chi connectivity index (χ2v) is 8.16. The molecule has 0 heterocycles. The highest BCUT2D eigenvalue weighted by Gasteiger charge is 2.31. The van der Waals surface area contributed by atoms with Crippen LogP contribution >= 0.6 is 0 Å². The van der Waals surface area contributed by atoms with Gasteiger partial charge in [-0.05, 0) is 55.0 Å². The SMILES string of the molecule is Cc1ccccc1C(=O)N/N=C\c1ccccc1OS(=O)(=O)c1ccc(C(F)(F)F)cc1. The molecule has 0 aromatic heterocycles. The number of aryl methyl sites for hydroxylation is 1. The van der Waals surface area contributed by atoms with E-state index in [1.165, 1.54) is 24.4 Å². The number of halogens is 3. The van der Waals surface area contributed by atoms with Crippen molar-refractivity contribution in [3.8, 4) is 5.75 Å².